The van der Waals surface area contributed by atoms with Crippen molar-refractivity contribution in [2.75, 3.05) is 13.1 Å². The van der Waals surface area contributed by atoms with Crippen LogP contribution in [-0.2, 0) is 11.3 Å². The minimum Gasteiger partial charge on any atom is -0.350 e. The van der Waals surface area contributed by atoms with Crippen LogP contribution in [0.4, 0.5) is 0 Å². The van der Waals surface area contributed by atoms with Crippen LogP contribution in [0, 0.1) is 12.8 Å². The summed E-state index contributed by atoms with van der Waals surface area (Å²) in [6.07, 6.45) is 4.83. The van der Waals surface area contributed by atoms with E-state index >= 15 is 0 Å². The standard InChI is InChI=1S/C12H19N3OS/c1-9-6-15-12(17-9)8-14-11(16)5-10-3-2-4-13-7-10/h6,10,13H,2-5,7-8H2,1H3,(H,14,16). The molecule has 1 fully saturated rings. The Morgan fingerprint density at radius 2 is 2.59 bits per heavy atom. The molecule has 1 saturated heterocycles. The maximum Gasteiger partial charge on any atom is 0.220 e. The lowest BCUT2D eigenvalue weighted by Crippen LogP contribution is -2.34. The topological polar surface area (TPSA) is 54.0 Å². The van der Waals surface area contributed by atoms with Crippen molar-refractivity contribution in [3.05, 3.63) is 16.1 Å². The third-order valence-electron chi connectivity index (χ3n) is 2.98. The Morgan fingerprint density at radius 3 is 3.24 bits per heavy atom. The Balaban J connectivity index is 1.70. The summed E-state index contributed by atoms with van der Waals surface area (Å²) in [7, 11) is 0. The monoisotopic (exact) mass is 253 g/mol. The van der Waals surface area contributed by atoms with Gasteiger partial charge in [-0.2, -0.15) is 0 Å². The summed E-state index contributed by atoms with van der Waals surface area (Å²) in [5, 5.41) is 7.25. The number of hydrogen-bond donors (Lipinski definition) is 2. The average Bonchev–Trinajstić information content (AvgIpc) is 2.74. The van der Waals surface area contributed by atoms with Gasteiger partial charge in [-0.05, 0) is 38.8 Å². The van der Waals surface area contributed by atoms with Gasteiger partial charge >= 0.3 is 0 Å². The van der Waals surface area contributed by atoms with Crippen molar-refractivity contribution in [1.29, 1.82) is 0 Å². The van der Waals surface area contributed by atoms with Crippen molar-refractivity contribution in [2.24, 2.45) is 5.92 Å². The van der Waals surface area contributed by atoms with Gasteiger partial charge in [0.2, 0.25) is 5.91 Å². The normalized spacial score (nSPS) is 20.2. The van der Waals surface area contributed by atoms with E-state index in [9.17, 15) is 4.79 Å². The molecule has 1 atom stereocenters. The zero-order valence-corrected chi connectivity index (χ0v) is 11.0. The summed E-state index contributed by atoms with van der Waals surface area (Å²) in [5.74, 6) is 0.647. The SMILES string of the molecule is Cc1cnc(CNC(=O)CC2CCCNC2)s1. The fraction of sp³-hybridized carbons (Fsp3) is 0.667. The smallest absolute Gasteiger partial charge is 0.220 e. The van der Waals surface area contributed by atoms with Crippen LogP contribution >= 0.6 is 11.3 Å². The number of carbonyl (C=O) groups excluding carboxylic acids is 1. The van der Waals surface area contributed by atoms with Gasteiger partial charge in [0, 0.05) is 17.5 Å². The molecule has 2 heterocycles. The minimum atomic E-state index is 0.145. The van der Waals surface area contributed by atoms with Crippen molar-refractivity contribution in [2.45, 2.75) is 32.7 Å². The van der Waals surface area contributed by atoms with Crippen LogP contribution in [0.25, 0.3) is 0 Å². The Morgan fingerprint density at radius 1 is 1.71 bits per heavy atom. The van der Waals surface area contributed by atoms with Crippen LogP contribution in [0.5, 0.6) is 0 Å². The molecule has 0 aliphatic carbocycles. The molecule has 1 unspecified atom stereocenters. The first-order chi connectivity index (χ1) is 8.24. The summed E-state index contributed by atoms with van der Waals surface area (Å²) >= 11 is 1.64. The average molecular weight is 253 g/mol. The van der Waals surface area contributed by atoms with Crippen LogP contribution in [-0.4, -0.2) is 24.0 Å². The number of nitrogens with one attached hydrogen (secondary N) is 2. The van der Waals surface area contributed by atoms with E-state index in [4.69, 9.17) is 0 Å². The van der Waals surface area contributed by atoms with E-state index in [1.54, 1.807) is 11.3 Å². The largest absolute Gasteiger partial charge is 0.350 e. The molecule has 94 valence electrons. The highest BCUT2D eigenvalue weighted by molar-refractivity contribution is 7.11. The van der Waals surface area contributed by atoms with E-state index in [1.807, 2.05) is 13.1 Å². The minimum absolute atomic E-state index is 0.145. The number of nitrogens with zero attached hydrogens (tertiary/aromatic N) is 1. The lowest BCUT2D eigenvalue weighted by Gasteiger charge is -2.21. The van der Waals surface area contributed by atoms with Crippen LogP contribution in [0.2, 0.25) is 0 Å². The van der Waals surface area contributed by atoms with Gasteiger partial charge in [-0.15, -0.1) is 11.3 Å². The second-order valence-corrected chi connectivity index (χ2v) is 5.88. The molecule has 1 aromatic rings. The lowest BCUT2D eigenvalue weighted by molar-refractivity contribution is -0.122. The van der Waals surface area contributed by atoms with E-state index in [1.165, 1.54) is 11.3 Å². The van der Waals surface area contributed by atoms with Crippen LogP contribution < -0.4 is 10.6 Å². The fourth-order valence-corrected chi connectivity index (χ4v) is 2.82. The van der Waals surface area contributed by atoms with Gasteiger partial charge < -0.3 is 10.6 Å². The number of thiazole rings is 1. The van der Waals surface area contributed by atoms with Gasteiger partial charge in [0.15, 0.2) is 0 Å². The Kier molecular flexibility index (Phi) is 4.50. The zero-order chi connectivity index (χ0) is 12.1. The maximum atomic E-state index is 11.7. The quantitative estimate of drug-likeness (QED) is 0.854. The summed E-state index contributed by atoms with van der Waals surface area (Å²) < 4.78 is 0. The molecule has 0 radical (unpaired) electrons. The molecule has 0 aromatic carbocycles. The zero-order valence-electron chi connectivity index (χ0n) is 10.2. The highest BCUT2D eigenvalue weighted by Gasteiger charge is 2.16. The fourth-order valence-electron chi connectivity index (χ4n) is 2.09. The molecule has 1 aromatic heterocycles. The third kappa shape index (κ3) is 4.09. The Labute approximate surface area is 106 Å². The molecule has 5 heteroatoms. The molecular weight excluding hydrogens is 234 g/mol. The number of carbonyl (C=O) groups is 1. The number of hydrogen-bond acceptors (Lipinski definition) is 4. The second-order valence-electron chi connectivity index (χ2n) is 4.56. The van der Waals surface area contributed by atoms with Crippen molar-refractivity contribution in [3.8, 4) is 0 Å². The maximum absolute atomic E-state index is 11.7. The van der Waals surface area contributed by atoms with Crippen LogP contribution in [0.15, 0.2) is 6.20 Å². The molecule has 2 rings (SSSR count). The molecule has 1 aliphatic rings. The first-order valence-corrected chi connectivity index (χ1v) is 6.94. The lowest BCUT2D eigenvalue weighted by atomic mass is 9.96. The number of amides is 1. The number of rotatable bonds is 4. The molecule has 4 nitrogen and oxygen atoms in total. The van der Waals surface area contributed by atoms with Gasteiger partial charge in [0.1, 0.15) is 5.01 Å². The van der Waals surface area contributed by atoms with Gasteiger partial charge in [-0.25, -0.2) is 4.98 Å². The van der Waals surface area contributed by atoms with Crippen molar-refractivity contribution in [1.82, 2.24) is 15.6 Å². The van der Waals surface area contributed by atoms with E-state index < -0.39 is 0 Å². The van der Waals surface area contributed by atoms with Crippen LogP contribution in [0.3, 0.4) is 0 Å². The van der Waals surface area contributed by atoms with Crippen molar-refractivity contribution >= 4 is 17.2 Å². The van der Waals surface area contributed by atoms with Gasteiger partial charge in [-0.1, -0.05) is 0 Å². The predicted octanol–water partition coefficient (Wildman–Crippen LogP) is 1.46. The first-order valence-electron chi connectivity index (χ1n) is 6.13. The van der Waals surface area contributed by atoms with E-state index in [2.05, 4.69) is 15.6 Å². The summed E-state index contributed by atoms with van der Waals surface area (Å²) in [6.45, 7) is 4.66. The number of aromatic nitrogens is 1. The highest BCUT2D eigenvalue weighted by atomic mass is 32.1. The van der Waals surface area contributed by atoms with Crippen LogP contribution in [0.1, 0.15) is 29.1 Å². The predicted molar refractivity (Wildman–Crippen MR) is 68.9 cm³/mol. The number of piperidine rings is 1. The Hall–Kier alpha value is -0.940. The van der Waals surface area contributed by atoms with Gasteiger partial charge in [-0.3, -0.25) is 4.79 Å². The van der Waals surface area contributed by atoms with E-state index in [0.717, 1.165) is 24.5 Å². The number of aryl methyl sites for hydroxylation is 1. The molecular formula is C12H19N3OS. The molecule has 1 amide bonds. The van der Waals surface area contributed by atoms with Crippen molar-refractivity contribution in [3.63, 3.8) is 0 Å². The molecule has 1 aliphatic heterocycles. The van der Waals surface area contributed by atoms with Gasteiger partial charge in [0.05, 0.1) is 6.54 Å². The molecule has 0 spiro atoms. The molecule has 0 saturated carbocycles. The summed E-state index contributed by atoms with van der Waals surface area (Å²) in [6, 6.07) is 0. The third-order valence-corrected chi connectivity index (χ3v) is 3.89. The summed E-state index contributed by atoms with van der Waals surface area (Å²) in [4.78, 5) is 17.1. The van der Waals surface area contributed by atoms with Gasteiger partial charge in [0.25, 0.3) is 0 Å². The molecule has 2 N–H and O–H groups in total. The molecule has 0 bridgehead atoms. The summed E-state index contributed by atoms with van der Waals surface area (Å²) in [5.41, 5.74) is 0. The highest BCUT2D eigenvalue weighted by Crippen LogP contribution is 2.14. The van der Waals surface area contributed by atoms with Crippen molar-refractivity contribution < 1.29 is 4.79 Å². The van der Waals surface area contributed by atoms with E-state index in [0.29, 0.717) is 18.9 Å². The Bertz CT molecular complexity index is 372. The first kappa shape index (κ1) is 12.5. The van der Waals surface area contributed by atoms with E-state index in [-0.39, 0.29) is 5.91 Å². The second kappa shape index (κ2) is 6.12. The molecule has 17 heavy (non-hydrogen) atoms.